The van der Waals surface area contributed by atoms with Crippen LogP contribution in [0.1, 0.15) is 11.1 Å². The molecule has 2 rings (SSSR count). The molecule has 0 aliphatic carbocycles. The summed E-state index contributed by atoms with van der Waals surface area (Å²) in [6.07, 6.45) is 7.26. The van der Waals surface area contributed by atoms with E-state index in [1.807, 2.05) is 12.1 Å². The Bertz CT molecular complexity index is 1040. The number of carbonyl (C=O) groups is 1. The van der Waals surface area contributed by atoms with Crippen molar-refractivity contribution < 1.29 is 95.6 Å². The molecule has 13 heteroatoms. The Labute approximate surface area is 247 Å². The second-order valence-electron chi connectivity index (χ2n) is 6.86. The molecule has 0 saturated heterocycles. The van der Waals surface area contributed by atoms with Crippen molar-refractivity contribution in [1.82, 2.24) is 0 Å². The molecule has 0 atom stereocenters. The van der Waals surface area contributed by atoms with Crippen LogP contribution >= 0.6 is 0 Å². The SMILES string of the molecule is COc1cc(/C=C/C(=O)C=C(O)/C=C/c2ccc(OCC[NH3+])c(OC)c2)ccc1OCC[NH3+].O.O.[Cl-].[Cl-].[Zn]. The van der Waals surface area contributed by atoms with E-state index in [4.69, 9.17) is 18.9 Å². The van der Waals surface area contributed by atoms with Gasteiger partial charge in [-0.25, -0.2) is 0 Å². The summed E-state index contributed by atoms with van der Waals surface area (Å²) >= 11 is 0. The summed E-state index contributed by atoms with van der Waals surface area (Å²) in [5.41, 5.74) is 9.03. The van der Waals surface area contributed by atoms with Crippen molar-refractivity contribution >= 4 is 17.9 Å². The van der Waals surface area contributed by atoms with Crippen LogP contribution in [-0.2, 0) is 24.3 Å². The van der Waals surface area contributed by atoms with Crippen LogP contribution in [0.25, 0.3) is 12.2 Å². The summed E-state index contributed by atoms with van der Waals surface area (Å²) in [6.45, 7) is 2.28. The minimum absolute atomic E-state index is 0. The number of hydrogen-bond donors (Lipinski definition) is 3. The fourth-order valence-corrected chi connectivity index (χ4v) is 2.78. The first-order valence-corrected chi connectivity index (χ1v) is 10.5. The fourth-order valence-electron chi connectivity index (χ4n) is 2.78. The van der Waals surface area contributed by atoms with Crippen molar-refractivity contribution in [3.8, 4) is 23.0 Å². The summed E-state index contributed by atoms with van der Waals surface area (Å²) < 4.78 is 21.8. The Morgan fingerprint density at radius 2 is 1.21 bits per heavy atom. The third kappa shape index (κ3) is 14.3. The van der Waals surface area contributed by atoms with E-state index in [2.05, 4.69) is 11.5 Å². The zero-order valence-corrected chi connectivity index (χ0v) is 26.0. The minimum Gasteiger partial charge on any atom is -1.00 e. The fraction of sp³-hybridized carbons (Fsp3) is 0.240. The van der Waals surface area contributed by atoms with Gasteiger partial charge in [0.15, 0.2) is 28.8 Å². The number of methoxy groups -OCH3 is 2. The molecular weight excluding hydrogens is 593 g/mol. The largest absolute Gasteiger partial charge is 1.00 e. The molecule has 10 nitrogen and oxygen atoms in total. The van der Waals surface area contributed by atoms with Gasteiger partial charge in [-0.1, -0.05) is 24.3 Å². The van der Waals surface area contributed by atoms with Crippen LogP contribution in [-0.4, -0.2) is 62.4 Å². The number of carbonyl (C=O) groups excluding carboxylic acids is 1. The molecule has 0 spiro atoms. The van der Waals surface area contributed by atoms with E-state index >= 15 is 0 Å². The molecule has 0 bridgehead atoms. The number of allylic oxidation sites excluding steroid dienone is 3. The zero-order valence-electron chi connectivity index (χ0n) is 21.5. The first-order chi connectivity index (χ1) is 16.0. The van der Waals surface area contributed by atoms with Crippen LogP contribution in [0.2, 0.25) is 0 Å². The third-order valence-corrected chi connectivity index (χ3v) is 4.36. The Morgan fingerprint density at radius 3 is 1.61 bits per heavy atom. The third-order valence-electron chi connectivity index (χ3n) is 4.36. The Hall–Kier alpha value is -2.63. The Kier molecular flexibility index (Phi) is 26.2. The second kappa shape index (κ2) is 23.5. The van der Waals surface area contributed by atoms with Gasteiger partial charge in [0.05, 0.1) is 14.2 Å². The Morgan fingerprint density at radius 1 is 0.789 bits per heavy atom. The van der Waals surface area contributed by atoms with Gasteiger partial charge >= 0.3 is 0 Å². The molecule has 0 unspecified atom stereocenters. The number of hydrogen-bond acceptors (Lipinski definition) is 6. The van der Waals surface area contributed by atoms with E-state index in [0.717, 1.165) is 17.2 Å². The average Bonchev–Trinajstić information content (AvgIpc) is 2.83. The van der Waals surface area contributed by atoms with Crippen LogP contribution in [0.4, 0.5) is 0 Å². The van der Waals surface area contributed by atoms with Crippen LogP contribution in [0.5, 0.6) is 23.0 Å². The topological polar surface area (TPSA) is 192 Å². The number of ether oxygens (including phenoxy) is 4. The van der Waals surface area contributed by atoms with Gasteiger partial charge < -0.3 is 71.3 Å². The van der Waals surface area contributed by atoms with Gasteiger partial charge in [0.1, 0.15) is 32.1 Å². The number of benzene rings is 2. The van der Waals surface area contributed by atoms with E-state index in [-0.39, 0.29) is 66.8 Å². The Balaban J connectivity index is -0.00000116. The molecule has 0 heterocycles. The van der Waals surface area contributed by atoms with Gasteiger partial charge in [0, 0.05) is 25.6 Å². The molecular formula is C25H36Cl2N2O8Zn. The summed E-state index contributed by atoms with van der Waals surface area (Å²) in [5, 5.41) is 10.1. The summed E-state index contributed by atoms with van der Waals surface area (Å²) in [6, 6.07) is 10.7. The van der Waals surface area contributed by atoms with Gasteiger partial charge in [-0.05, 0) is 47.5 Å². The van der Waals surface area contributed by atoms with E-state index in [1.165, 1.54) is 12.2 Å². The van der Waals surface area contributed by atoms with Gasteiger partial charge in [0.2, 0.25) is 0 Å². The molecule has 0 aliphatic heterocycles. The van der Waals surface area contributed by atoms with Crippen molar-refractivity contribution in [1.29, 1.82) is 0 Å². The molecule has 38 heavy (non-hydrogen) atoms. The van der Waals surface area contributed by atoms with Crippen LogP contribution in [0, 0.1) is 0 Å². The van der Waals surface area contributed by atoms with E-state index < -0.39 is 0 Å². The van der Waals surface area contributed by atoms with Crippen molar-refractivity contribution in [2.45, 2.75) is 0 Å². The number of rotatable bonds is 13. The first-order valence-electron chi connectivity index (χ1n) is 10.5. The monoisotopic (exact) mass is 626 g/mol. The quantitative estimate of drug-likeness (QED) is 0.0856. The van der Waals surface area contributed by atoms with E-state index in [9.17, 15) is 9.90 Å². The standard InChI is InChI=1S/C25H30N2O6.2ClH.2H2O.Zn/c1-30-24-15-18(5-9-22(24)32-13-11-26)3-7-20(28)17-21(29)8-4-19-6-10-23(33-14-12-27)25(16-19)31-2;;;;;/h3-10,15-17,28H,11-14,26-27H2,1-2H3;2*1H;2*1H2;/b7-3+,8-4+,20-17?;;;;;. The number of quaternary nitrogens is 2. The molecule has 0 fully saturated rings. The number of aliphatic hydroxyl groups excluding tert-OH is 1. The van der Waals surface area contributed by atoms with Gasteiger partial charge in [-0.15, -0.1) is 0 Å². The maximum absolute atomic E-state index is 12.2. The molecule has 210 valence electrons. The van der Waals surface area contributed by atoms with Crippen molar-refractivity contribution in [3.05, 3.63) is 71.5 Å². The molecule has 2 aromatic carbocycles. The number of aliphatic hydroxyl groups is 1. The molecule has 0 aliphatic rings. The van der Waals surface area contributed by atoms with Gasteiger partial charge in [-0.2, -0.15) is 0 Å². The van der Waals surface area contributed by atoms with Crippen molar-refractivity contribution in [3.63, 3.8) is 0 Å². The van der Waals surface area contributed by atoms with Crippen LogP contribution in [0.15, 0.2) is 60.4 Å². The summed E-state index contributed by atoms with van der Waals surface area (Å²) in [5.74, 6) is 1.85. The van der Waals surface area contributed by atoms with Gasteiger partial charge in [-0.3, -0.25) is 4.79 Å². The van der Waals surface area contributed by atoms with E-state index in [1.54, 1.807) is 50.6 Å². The molecule has 0 amide bonds. The maximum atomic E-state index is 12.2. The minimum atomic E-state index is -0.358. The van der Waals surface area contributed by atoms with Crippen LogP contribution in [0.3, 0.4) is 0 Å². The van der Waals surface area contributed by atoms with Crippen LogP contribution < -0.4 is 55.2 Å². The second-order valence-corrected chi connectivity index (χ2v) is 6.86. The predicted octanol–water partition coefficient (Wildman–Crippen LogP) is -5.96. The first kappa shape index (κ1) is 42.5. The average molecular weight is 629 g/mol. The van der Waals surface area contributed by atoms with E-state index in [0.29, 0.717) is 49.3 Å². The maximum Gasteiger partial charge on any atom is 0.182 e. The molecule has 0 radical (unpaired) electrons. The normalized spacial score (nSPS) is 10.2. The number of halogens is 2. The summed E-state index contributed by atoms with van der Waals surface area (Å²) in [7, 11) is 3.11. The molecule has 2 aromatic rings. The zero-order chi connectivity index (χ0) is 24.1. The van der Waals surface area contributed by atoms with Crippen molar-refractivity contribution in [2.75, 3.05) is 40.5 Å². The molecule has 0 saturated carbocycles. The predicted molar refractivity (Wildman–Crippen MR) is 134 cm³/mol. The smallest absolute Gasteiger partial charge is 0.182 e. The molecule has 11 N–H and O–H groups in total. The molecule has 0 aromatic heterocycles. The van der Waals surface area contributed by atoms with Crippen molar-refractivity contribution in [2.24, 2.45) is 0 Å². The summed E-state index contributed by atoms with van der Waals surface area (Å²) in [4.78, 5) is 12.2. The number of ketones is 1. The van der Waals surface area contributed by atoms with Gasteiger partial charge in [0.25, 0.3) is 0 Å².